The molecule has 3 aromatic rings. The molecule has 3 rings (SSSR count). The number of hydrogen-bond donors (Lipinski definition) is 0. The zero-order valence-corrected chi connectivity index (χ0v) is 15.3. The third kappa shape index (κ3) is 3.62. The smallest absolute Gasteiger partial charge is 0.237 e. The highest BCUT2D eigenvalue weighted by Crippen LogP contribution is 2.27. The molecule has 8 heteroatoms. The van der Waals surface area contributed by atoms with Crippen LogP contribution in [0.25, 0.3) is 11.4 Å². The van der Waals surface area contributed by atoms with E-state index in [4.69, 9.17) is 16.1 Å². The van der Waals surface area contributed by atoms with Crippen LogP contribution in [0.2, 0.25) is 5.02 Å². The predicted molar refractivity (Wildman–Crippen MR) is 94.1 cm³/mol. The molecule has 0 bridgehead atoms. The number of hydrogen-bond acceptors (Lipinski definition) is 6. The van der Waals surface area contributed by atoms with Crippen molar-refractivity contribution < 1.29 is 4.52 Å². The van der Waals surface area contributed by atoms with Gasteiger partial charge < -0.3 is 9.09 Å². The van der Waals surface area contributed by atoms with E-state index < -0.39 is 0 Å². The van der Waals surface area contributed by atoms with Gasteiger partial charge in [-0.15, -0.1) is 10.2 Å². The highest BCUT2D eigenvalue weighted by molar-refractivity contribution is 7.98. The molecule has 6 nitrogen and oxygen atoms in total. The fourth-order valence-corrected chi connectivity index (χ4v) is 3.15. The second kappa shape index (κ2) is 7.36. The molecule has 0 fully saturated rings. The van der Waals surface area contributed by atoms with E-state index in [-0.39, 0.29) is 5.92 Å². The van der Waals surface area contributed by atoms with Gasteiger partial charge in [0, 0.05) is 23.0 Å². The average molecular weight is 364 g/mol. The van der Waals surface area contributed by atoms with Crippen molar-refractivity contribution in [1.29, 1.82) is 0 Å². The molecule has 0 atom stereocenters. The first-order valence-electron chi connectivity index (χ1n) is 7.73. The predicted octanol–water partition coefficient (Wildman–Crippen LogP) is 4.42. The lowest BCUT2D eigenvalue weighted by Crippen LogP contribution is -2.00. The molecule has 0 saturated carbocycles. The summed E-state index contributed by atoms with van der Waals surface area (Å²) >= 11 is 7.48. The maximum Gasteiger partial charge on any atom is 0.237 e. The van der Waals surface area contributed by atoms with E-state index >= 15 is 0 Å². The van der Waals surface area contributed by atoms with Crippen LogP contribution in [0, 0.1) is 0 Å². The van der Waals surface area contributed by atoms with Crippen LogP contribution in [0.1, 0.15) is 38.4 Å². The van der Waals surface area contributed by atoms with Crippen molar-refractivity contribution in [3.05, 3.63) is 41.0 Å². The van der Waals surface area contributed by atoms with Gasteiger partial charge in [-0.2, -0.15) is 4.98 Å². The van der Waals surface area contributed by atoms with Crippen molar-refractivity contribution >= 4 is 23.4 Å². The number of aromatic nitrogens is 5. The molecule has 2 heterocycles. The van der Waals surface area contributed by atoms with E-state index in [0.29, 0.717) is 16.7 Å². The van der Waals surface area contributed by atoms with Gasteiger partial charge in [0.25, 0.3) is 0 Å². The fraction of sp³-hybridized carbons (Fsp3) is 0.375. The highest BCUT2D eigenvalue weighted by atomic mass is 35.5. The van der Waals surface area contributed by atoms with Crippen LogP contribution < -0.4 is 0 Å². The topological polar surface area (TPSA) is 69.6 Å². The molecule has 1 aromatic carbocycles. The first-order valence-corrected chi connectivity index (χ1v) is 9.09. The summed E-state index contributed by atoms with van der Waals surface area (Å²) in [5.41, 5.74) is 0.987. The number of halogens is 1. The molecule has 2 aromatic heterocycles. The van der Waals surface area contributed by atoms with Crippen molar-refractivity contribution in [2.75, 3.05) is 0 Å². The third-order valence-electron chi connectivity index (χ3n) is 3.46. The van der Waals surface area contributed by atoms with Crippen LogP contribution in [0.4, 0.5) is 0 Å². The van der Waals surface area contributed by atoms with Gasteiger partial charge in [-0.05, 0) is 31.2 Å². The van der Waals surface area contributed by atoms with Crippen LogP contribution in [0.3, 0.4) is 0 Å². The van der Waals surface area contributed by atoms with Crippen molar-refractivity contribution in [2.45, 2.75) is 44.1 Å². The molecule has 0 aliphatic carbocycles. The monoisotopic (exact) mass is 363 g/mol. The zero-order chi connectivity index (χ0) is 17.1. The van der Waals surface area contributed by atoms with Crippen LogP contribution >= 0.6 is 23.4 Å². The molecule has 0 aliphatic heterocycles. The second-order valence-corrected chi connectivity index (χ2v) is 6.93. The summed E-state index contributed by atoms with van der Waals surface area (Å²) in [7, 11) is 0. The largest absolute Gasteiger partial charge is 0.338 e. The minimum atomic E-state index is 0.253. The first-order chi connectivity index (χ1) is 11.6. The number of rotatable bonds is 6. The molecule has 24 heavy (non-hydrogen) atoms. The Labute approximate surface area is 149 Å². The summed E-state index contributed by atoms with van der Waals surface area (Å²) in [6.07, 6.45) is 0. The normalized spacial score (nSPS) is 11.4. The highest BCUT2D eigenvalue weighted by Gasteiger charge is 2.15. The molecule has 0 amide bonds. The van der Waals surface area contributed by atoms with Gasteiger partial charge in [-0.3, -0.25) is 0 Å². The number of benzene rings is 1. The van der Waals surface area contributed by atoms with Gasteiger partial charge in [0.2, 0.25) is 5.89 Å². The molecular formula is C16H18ClN5OS. The van der Waals surface area contributed by atoms with E-state index in [9.17, 15) is 0 Å². The minimum absolute atomic E-state index is 0.253. The Balaban J connectivity index is 1.77. The Bertz CT molecular complexity index is 812. The molecule has 126 valence electrons. The maximum atomic E-state index is 5.95. The quantitative estimate of drug-likeness (QED) is 0.604. The number of nitrogens with zero attached hydrogens (tertiary/aromatic N) is 5. The summed E-state index contributed by atoms with van der Waals surface area (Å²) in [6.45, 7) is 6.91. The second-order valence-electron chi connectivity index (χ2n) is 5.55. The average Bonchev–Trinajstić information content (AvgIpc) is 3.20. The molecule has 0 unspecified atom stereocenters. The molecule has 0 radical (unpaired) electrons. The van der Waals surface area contributed by atoms with Gasteiger partial charge in [-0.1, -0.05) is 42.4 Å². The standard InChI is InChI=1S/C16H18ClN5OS/c1-4-22-15(11-5-7-12(17)8-6-11)19-20-16(22)24-9-13-18-14(10(2)3)21-23-13/h5-8,10H,4,9H2,1-3H3. The zero-order valence-electron chi connectivity index (χ0n) is 13.7. The Morgan fingerprint density at radius 3 is 2.58 bits per heavy atom. The van der Waals surface area contributed by atoms with Gasteiger partial charge in [0.05, 0.1) is 5.75 Å². The Morgan fingerprint density at radius 2 is 1.96 bits per heavy atom. The molecular weight excluding hydrogens is 346 g/mol. The third-order valence-corrected chi connectivity index (χ3v) is 4.66. The summed E-state index contributed by atoms with van der Waals surface area (Å²) in [5, 5.41) is 14.1. The van der Waals surface area contributed by atoms with Crippen LogP contribution in [0.5, 0.6) is 0 Å². The van der Waals surface area contributed by atoms with E-state index in [0.717, 1.165) is 28.9 Å². The van der Waals surface area contributed by atoms with E-state index in [1.165, 1.54) is 11.8 Å². The van der Waals surface area contributed by atoms with Crippen molar-refractivity contribution in [3.8, 4) is 11.4 Å². The van der Waals surface area contributed by atoms with E-state index in [1.807, 2.05) is 38.1 Å². The first kappa shape index (κ1) is 17.0. The number of thioether (sulfide) groups is 1. The minimum Gasteiger partial charge on any atom is -0.338 e. The maximum absolute atomic E-state index is 5.95. The van der Waals surface area contributed by atoms with Gasteiger partial charge in [-0.25, -0.2) is 0 Å². The van der Waals surface area contributed by atoms with E-state index in [2.05, 4.69) is 31.8 Å². The SMILES string of the molecule is CCn1c(SCc2nc(C(C)C)no2)nnc1-c1ccc(Cl)cc1. The van der Waals surface area contributed by atoms with Crippen LogP contribution in [-0.4, -0.2) is 24.9 Å². The summed E-state index contributed by atoms with van der Waals surface area (Å²) in [4.78, 5) is 4.38. The summed E-state index contributed by atoms with van der Waals surface area (Å²) in [6, 6.07) is 7.59. The molecule has 0 aliphatic rings. The van der Waals surface area contributed by atoms with E-state index in [1.54, 1.807) is 0 Å². The Morgan fingerprint density at radius 1 is 1.21 bits per heavy atom. The molecule has 0 spiro atoms. The van der Waals surface area contributed by atoms with Gasteiger partial charge >= 0.3 is 0 Å². The van der Waals surface area contributed by atoms with Crippen molar-refractivity contribution in [2.24, 2.45) is 0 Å². The van der Waals surface area contributed by atoms with Crippen LogP contribution in [0.15, 0.2) is 33.9 Å². The molecule has 0 saturated heterocycles. The van der Waals surface area contributed by atoms with Gasteiger partial charge in [0.15, 0.2) is 16.8 Å². The Hall–Kier alpha value is -1.86. The summed E-state index contributed by atoms with van der Waals surface area (Å²) in [5.74, 6) is 2.97. The molecule has 0 N–H and O–H groups in total. The summed E-state index contributed by atoms with van der Waals surface area (Å²) < 4.78 is 7.33. The van der Waals surface area contributed by atoms with Gasteiger partial charge in [0.1, 0.15) is 0 Å². The fourth-order valence-electron chi connectivity index (χ4n) is 2.18. The lowest BCUT2D eigenvalue weighted by atomic mass is 10.2. The van der Waals surface area contributed by atoms with Crippen molar-refractivity contribution in [1.82, 2.24) is 24.9 Å². The lowest BCUT2D eigenvalue weighted by Gasteiger charge is -2.06. The Kier molecular flexibility index (Phi) is 5.20. The van der Waals surface area contributed by atoms with Crippen LogP contribution in [-0.2, 0) is 12.3 Å². The lowest BCUT2D eigenvalue weighted by molar-refractivity contribution is 0.382. The van der Waals surface area contributed by atoms with Crippen molar-refractivity contribution in [3.63, 3.8) is 0 Å².